The average molecular weight is 403 g/mol. The fraction of sp³-hybridized carbons (Fsp3) is 0.118. The van der Waals surface area contributed by atoms with Gasteiger partial charge in [-0.3, -0.25) is 4.79 Å². The number of nitrogens with two attached hydrogens (primary N) is 1. The number of sulfonamides is 1. The number of nitrogens with one attached hydrogen (secondary N) is 1. The van der Waals surface area contributed by atoms with Crippen molar-refractivity contribution in [3.8, 4) is 5.69 Å². The Morgan fingerprint density at radius 2 is 1.81 bits per heavy atom. The summed E-state index contributed by atoms with van der Waals surface area (Å²) in [6, 6.07) is 15.2. The molecular weight excluding hydrogens is 386 g/mol. The van der Waals surface area contributed by atoms with Gasteiger partial charge in [-0.2, -0.15) is 0 Å². The van der Waals surface area contributed by atoms with Crippen molar-refractivity contribution in [2.45, 2.75) is 22.2 Å². The zero-order valence-electron chi connectivity index (χ0n) is 14.3. The summed E-state index contributed by atoms with van der Waals surface area (Å²) in [5.74, 6) is -0.251. The number of hydrogen-bond donors (Lipinski definition) is 2. The highest BCUT2D eigenvalue weighted by atomic mass is 32.2. The molecule has 0 aliphatic rings. The standard InChI is InChI=1S/C17H17N5O3S2/c1-12(16(23)20-13-7-9-15(10-8-13)27(18,24)25)26-17-19-11-22(21-17)14-5-3-2-4-6-14/h2-12H,1H3,(H,20,23)(H2,18,24,25). The monoisotopic (exact) mass is 403 g/mol. The van der Waals surface area contributed by atoms with Gasteiger partial charge in [0.15, 0.2) is 0 Å². The summed E-state index contributed by atoms with van der Waals surface area (Å²) in [6.45, 7) is 1.74. The third kappa shape index (κ3) is 4.94. The number of hydrogen-bond acceptors (Lipinski definition) is 6. The lowest BCUT2D eigenvalue weighted by Crippen LogP contribution is -2.22. The zero-order valence-corrected chi connectivity index (χ0v) is 15.9. The number of anilines is 1. The van der Waals surface area contributed by atoms with Crippen LogP contribution >= 0.6 is 11.8 Å². The summed E-state index contributed by atoms with van der Waals surface area (Å²) in [6.07, 6.45) is 1.59. The summed E-state index contributed by atoms with van der Waals surface area (Å²) in [5.41, 5.74) is 1.35. The van der Waals surface area contributed by atoms with Crippen molar-refractivity contribution < 1.29 is 13.2 Å². The van der Waals surface area contributed by atoms with E-state index in [1.165, 1.54) is 36.0 Å². The molecule has 0 saturated heterocycles. The molecule has 0 aliphatic carbocycles. The Morgan fingerprint density at radius 1 is 1.15 bits per heavy atom. The van der Waals surface area contributed by atoms with Crippen molar-refractivity contribution in [3.63, 3.8) is 0 Å². The van der Waals surface area contributed by atoms with E-state index in [1.54, 1.807) is 17.9 Å². The lowest BCUT2D eigenvalue weighted by atomic mass is 10.3. The number of para-hydroxylation sites is 1. The molecule has 3 rings (SSSR count). The molecule has 0 bridgehead atoms. The Bertz CT molecular complexity index is 1030. The number of nitrogens with zero attached hydrogens (tertiary/aromatic N) is 3. The number of thioether (sulfide) groups is 1. The Kier molecular flexibility index (Phi) is 5.59. The quantitative estimate of drug-likeness (QED) is 0.608. The highest BCUT2D eigenvalue weighted by Gasteiger charge is 2.17. The van der Waals surface area contributed by atoms with Gasteiger partial charge in [0, 0.05) is 5.69 Å². The van der Waals surface area contributed by atoms with Gasteiger partial charge in [0.1, 0.15) is 6.33 Å². The van der Waals surface area contributed by atoms with E-state index in [9.17, 15) is 13.2 Å². The number of primary sulfonamides is 1. The molecule has 140 valence electrons. The van der Waals surface area contributed by atoms with Gasteiger partial charge >= 0.3 is 0 Å². The molecular formula is C17H17N5O3S2. The molecule has 3 aromatic rings. The van der Waals surface area contributed by atoms with E-state index >= 15 is 0 Å². The van der Waals surface area contributed by atoms with Crippen LogP contribution in [0.25, 0.3) is 5.69 Å². The van der Waals surface area contributed by atoms with E-state index in [0.717, 1.165) is 5.69 Å². The SMILES string of the molecule is CC(Sc1ncn(-c2ccccc2)n1)C(=O)Nc1ccc(S(N)(=O)=O)cc1. The Hall–Kier alpha value is -2.69. The Labute approximate surface area is 160 Å². The summed E-state index contributed by atoms with van der Waals surface area (Å²) in [4.78, 5) is 16.5. The maximum Gasteiger partial charge on any atom is 0.238 e. The molecule has 0 radical (unpaired) electrons. The minimum atomic E-state index is -3.76. The maximum absolute atomic E-state index is 12.3. The van der Waals surface area contributed by atoms with Gasteiger partial charge in [-0.1, -0.05) is 30.0 Å². The molecule has 8 nitrogen and oxygen atoms in total. The molecule has 1 atom stereocenters. The van der Waals surface area contributed by atoms with Gasteiger partial charge in [-0.25, -0.2) is 23.2 Å². The largest absolute Gasteiger partial charge is 0.325 e. The molecule has 0 saturated carbocycles. The van der Waals surface area contributed by atoms with Crippen LogP contribution in [0.2, 0.25) is 0 Å². The minimum absolute atomic E-state index is 0.0152. The van der Waals surface area contributed by atoms with Crippen LogP contribution in [0.1, 0.15) is 6.92 Å². The fourth-order valence-electron chi connectivity index (χ4n) is 2.19. The molecule has 1 heterocycles. The first-order valence-electron chi connectivity index (χ1n) is 7.90. The van der Waals surface area contributed by atoms with Crippen LogP contribution in [0.4, 0.5) is 5.69 Å². The Balaban J connectivity index is 1.62. The van der Waals surface area contributed by atoms with Crippen molar-refractivity contribution in [2.24, 2.45) is 5.14 Å². The first kappa shape index (κ1) is 19.1. The number of amides is 1. The number of aromatic nitrogens is 3. The van der Waals surface area contributed by atoms with Crippen molar-refractivity contribution in [1.29, 1.82) is 0 Å². The second kappa shape index (κ2) is 7.91. The van der Waals surface area contributed by atoms with Crippen LogP contribution in [0.15, 0.2) is 71.0 Å². The fourth-order valence-corrected chi connectivity index (χ4v) is 3.43. The van der Waals surface area contributed by atoms with Crippen molar-refractivity contribution in [2.75, 3.05) is 5.32 Å². The molecule has 0 fully saturated rings. The maximum atomic E-state index is 12.3. The van der Waals surface area contributed by atoms with Crippen LogP contribution in [0, 0.1) is 0 Å². The van der Waals surface area contributed by atoms with Gasteiger partial charge in [-0.05, 0) is 43.3 Å². The lowest BCUT2D eigenvalue weighted by molar-refractivity contribution is -0.115. The van der Waals surface area contributed by atoms with Gasteiger partial charge in [0.25, 0.3) is 0 Å². The van der Waals surface area contributed by atoms with Crippen LogP contribution in [0.3, 0.4) is 0 Å². The zero-order chi connectivity index (χ0) is 19.4. The van der Waals surface area contributed by atoms with Gasteiger partial charge in [0.05, 0.1) is 15.8 Å². The smallest absolute Gasteiger partial charge is 0.238 e. The average Bonchev–Trinajstić information content (AvgIpc) is 3.10. The van der Waals surface area contributed by atoms with E-state index in [2.05, 4.69) is 15.4 Å². The second-order valence-corrected chi connectivity index (χ2v) is 8.50. The predicted octanol–water partition coefficient (Wildman–Crippen LogP) is 2.03. The molecule has 0 spiro atoms. The highest BCUT2D eigenvalue weighted by Crippen LogP contribution is 2.21. The number of rotatable bonds is 6. The van der Waals surface area contributed by atoms with Crippen LogP contribution in [0.5, 0.6) is 0 Å². The molecule has 27 heavy (non-hydrogen) atoms. The number of carbonyl (C=O) groups is 1. The van der Waals surface area contributed by atoms with Crippen LogP contribution < -0.4 is 10.5 Å². The Morgan fingerprint density at radius 3 is 2.44 bits per heavy atom. The van der Waals surface area contributed by atoms with E-state index in [0.29, 0.717) is 10.8 Å². The first-order valence-corrected chi connectivity index (χ1v) is 10.3. The molecule has 1 aromatic heterocycles. The summed E-state index contributed by atoms with van der Waals surface area (Å²) in [7, 11) is -3.76. The normalized spacial score (nSPS) is 12.5. The minimum Gasteiger partial charge on any atom is -0.325 e. The predicted molar refractivity (Wildman–Crippen MR) is 103 cm³/mol. The number of benzene rings is 2. The molecule has 1 unspecified atom stereocenters. The van der Waals surface area contributed by atoms with Crippen molar-refractivity contribution in [1.82, 2.24) is 14.8 Å². The van der Waals surface area contributed by atoms with Crippen LogP contribution in [-0.4, -0.2) is 34.3 Å². The van der Waals surface area contributed by atoms with E-state index in [-0.39, 0.29) is 10.8 Å². The highest BCUT2D eigenvalue weighted by molar-refractivity contribution is 8.00. The molecule has 3 N–H and O–H groups in total. The molecule has 10 heteroatoms. The van der Waals surface area contributed by atoms with E-state index in [4.69, 9.17) is 5.14 Å². The molecule has 1 amide bonds. The van der Waals surface area contributed by atoms with Gasteiger partial charge in [0.2, 0.25) is 21.1 Å². The van der Waals surface area contributed by atoms with E-state index < -0.39 is 15.3 Å². The van der Waals surface area contributed by atoms with Gasteiger partial charge in [-0.15, -0.1) is 5.10 Å². The lowest BCUT2D eigenvalue weighted by Gasteiger charge is -2.10. The topological polar surface area (TPSA) is 120 Å². The summed E-state index contributed by atoms with van der Waals surface area (Å²) >= 11 is 1.22. The third-order valence-electron chi connectivity index (χ3n) is 3.59. The second-order valence-electron chi connectivity index (χ2n) is 5.63. The van der Waals surface area contributed by atoms with E-state index in [1.807, 2.05) is 30.3 Å². The van der Waals surface area contributed by atoms with Crippen molar-refractivity contribution >= 4 is 33.4 Å². The van der Waals surface area contributed by atoms with Gasteiger partial charge < -0.3 is 5.32 Å². The van der Waals surface area contributed by atoms with Crippen LogP contribution in [-0.2, 0) is 14.8 Å². The van der Waals surface area contributed by atoms with Crippen molar-refractivity contribution in [3.05, 3.63) is 60.9 Å². The third-order valence-corrected chi connectivity index (χ3v) is 5.49. The molecule has 2 aromatic carbocycles. The summed E-state index contributed by atoms with van der Waals surface area (Å²) < 4.78 is 24.1. The summed E-state index contributed by atoms with van der Waals surface area (Å²) in [5, 5.41) is 12.2. The first-order chi connectivity index (χ1) is 12.8. The molecule has 0 aliphatic heterocycles. The number of carbonyl (C=O) groups excluding carboxylic acids is 1.